The Labute approximate surface area is 171 Å². The molecule has 6 nitrogen and oxygen atoms in total. The lowest BCUT2D eigenvalue weighted by molar-refractivity contribution is -0.137. The van der Waals surface area contributed by atoms with Crippen LogP contribution in [0.3, 0.4) is 0 Å². The van der Waals surface area contributed by atoms with Crippen LogP contribution in [0.4, 0.5) is 5.69 Å². The van der Waals surface area contributed by atoms with Gasteiger partial charge in [-0.15, -0.1) is 0 Å². The summed E-state index contributed by atoms with van der Waals surface area (Å²) in [7, 11) is 0. The molecule has 0 aliphatic heterocycles. The van der Waals surface area contributed by atoms with Gasteiger partial charge in [-0.2, -0.15) is 0 Å². The second kappa shape index (κ2) is 10.8. The molecule has 2 aromatic carbocycles. The molecule has 2 N–H and O–H groups in total. The summed E-state index contributed by atoms with van der Waals surface area (Å²) in [6.45, 7) is 5.49. The summed E-state index contributed by atoms with van der Waals surface area (Å²) in [4.78, 5) is 35.4. The highest BCUT2D eigenvalue weighted by molar-refractivity contribution is 5.92. The molecular formula is C23H26N2O4. The molecule has 0 saturated carbocycles. The molecule has 0 aromatic heterocycles. The minimum absolute atomic E-state index is 0.118. The Hall–Kier alpha value is -3.41. The first-order chi connectivity index (χ1) is 13.9. The summed E-state index contributed by atoms with van der Waals surface area (Å²) in [6, 6.07) is 14.4. The van der Waals surface area contributed by atoms with Gasteiger partial charge in [-0.25, -0.2) is 4.79 Å². The maximum Gasteiger partial charge on any atom is 0.330 e. The number of ether oxygens (including phenoxy) is 1. The van der Waals surface area contributed by atoms with Crippen molar-refractivity contribution in [3.05, 3.63) is 71.3 Å². The Morgan fingerprint density at radius 3 is 2.28 bits per heavy atom. The van der Waals surface area contributed by atoms with Crippen molar-refractivity contribution in [1.82, 2.24) is 5.32 Å². The summed E-state index contributed by atoms with van der Waals surface area (Å²) < 4.78 is 4.83. The second-order valence-corrected chi connectivity index (χ2v) is 6.62. The van der Waals surface area contributed by atoms with Gasteiger partial charge in [0.05, 0.1) is 19.1 Å². The number of aryl methyl sites for hydroxylation is 1. The predicted molar refractivity (Wildman–Crippen MR) is 113 cm³/mol. The molecule has 0 saturated heterocycles. The molecule has 0 radical (unpaired) electrons. The molecule has 0 bridgehead atoms. The highest BCUT2D eigenvalue weighted by atomic mass is 16.5. The lowest BCUT2D eigenvalue weighted by Gasteiger charge is -2.18. The topological polar surface area (TPSA) is 84.5 Å². The van der Waals surface area contributed by atoms with Crippen molar-refractivity contribution < 1.29 is 19.1 Å². The van der Waals surface area contributed by atoms with E-state index < -0.39 is 12.0 Å². The Bertz CT molecular complexity index is 871. The average molecular weight is 394 g/mol. The zero-order valence-corrected chi connectivity index (χ0v) is 16.9. The van der Waals surface area contributed by atoms with Gasteiger partial charge in [0.15, 0.2) is 0 Å². The van der Waals surface area contributed by atoms with Gasteiger partial charge in [0.25, 0.3) is 0 Å². The molecule has 0 spiro atoms. The van der Waals surface area contributed by atoms with E-state index in [9.17, 15) is 14.4 Å². The van der Waals surface area contributed by atoms with Crippen LogP contribution < -0.4 is 10.6 Å². The molecule has 0 heterocycles. The Kier molecular flexibility index (Phi) is 8.15. The van der Waals surface area contributed by atoms with Crippen LogP contribution in [0.2, 0.25) is 0 Å². The molecule has 2 amide bonds. The van der Waals surface area contributed by atoms with E-state index in [-0.39, 0.29) is 18.2 Å². The number of nitrogens with one attached hydrogen (secondary N) is 2. The molecule has 1 atom stereocenters. The largest absolute Gasteiger partial charge is 0.463 e. The molecule has 1 unspecified atom stereocenters. The normalized spacial score (nSPS) is 11.7. The Morgan fingerprint density at radius 2 is 1.69 bits per heavy atom. The molecule has 0 fully saturated rings. The standard InChI is InChI=1S/C23H26N2O4/c1-4-29-23(28)14-9-18-7-12-20(13-8-18)25-22(27)15-21(24-17(3)26)19-10-5-16(2)6-11-19/h5-14,21H,4,15H2,1-3H3,(H,24,26)(H,25,27). The SMILES string of the molecule is CCOC(=O)C=Cc1ccc(NC(=O)CC(NC(C)=O)c2ccc(C)cc2)cc1. The predicted octanol–water partition coefficient (Wildman–Crippen LogP) is 3.78. The van der Waals surface area contributed by atoms with Gasteiger partial charge in [0, 0.05) is 18.7 Å². The van der Waals surface area contributed by atoms with E-state index in [1.807, 2.05) is 31.2 Å². The molecule has 6 heteroatoms. The highest BCUT2D eigenvalue weighted by Gasteiger charge is 2.17. The summed E-state index contributed by atoms with van der Waals surface area (Å²) in [6.07, 6.45) is 3.12. The number of benzene rings is 2. The maximum absolute atomic E-state index is 12.5. The highest BCUT2D eigenvalue weighted by Crippen LogP contribution is 2.19. The maximum atomic E-state index is 12.5. The number of rotatable bonds is 8. The van der Waals surface area contributed by atoms with Gasteiger partial charge in [-0.3, -0.25) is 9.59 Å². The van der Waals surface area contributed by atoms with Gasteiger partial charge in [-0.05, 0) is 43.2 Å². The van der Waals surface area contributed by atoms with Crippen LogP contribution in [-0.2, 0) is 19.1 Å². The van der Waals surface area contributed by atoms with Crippen molar-refractivity contribution in [1.29, 1.82) is 0 Å². The number of carbonyl (C=O) groups is 3. The van der Waals surface area contributed by atoms with Crippen molar-refractivity contribution in [2.75, 3.05) is 11.9 Å². The third kappa shape index (κ3) is 7.62. The summed E-state index contributed by atoms with van der Waals surface area (Å²) in [5.74, 6) is -0.801. The van der Waals surface area contributed by atoms with Crippen molar-refractivity contribution in [3.8, 4) is 0 Å². The zero-order chi connectivity index (χ0) is 21.2. The minimum Gasteiger partial charge on any atom is -0.463 e. The summed E-state index contributed by atoms with van der Waals surface area (Å²) >= 11 is 0. The van der Waals surface area contributed by atoms with Crippen molar-refractivity contribution in [3.63, 3.8) is 0 Å². The Morgan fingerprint density at radius 1 is 1.03 bits per heavy atom. The van der Waals surface area contributed by atoms with E-state index in [0.29, 0.717) is 12.3 Å². The lowest BCUT2D eigenvalue weighted by Crippen LogP contribution is -2.29. The molecule has 2 rings (SSSR count). The van der Waals surface area contributed by atoms with Crippen LogP contribution in [0.15, 0.2) is 54.6 Å². The fourth-order valence-electron chi connectivity index (χ4n) is 2.73. The average Bonchev–Trinajstić information content (AvgIpc) is 2.67. The van der Waals surface area contributed by atoms with E-state index in [4.69, 9.17) is 4.74 Å². The molecule has 29 heavy (non-hydrogen) atoms. The summed E-state index contributed by atoms with van der Waals surface area (Å²) in [5, 5.41) is 5.66. The number of hydrogen-bond donors (Lipinski definition) is 2. The van der Waals surface area contributed by atoms with Gasteiger partial charge in [-0.1, -0.05) is 42.0 Å². The van der Waals surface area contributed by atoms with E-state index in [2.05, 4.69) is 10.6 Å². The number of esters is 1. The third-order valence-electron chi connectivity index (χ3n) is 4.14. The van der Waals surface area contributed by atoms with E-state index in [1.165, 1.54) is 13.0 Å². The number of amides is 2. The fourth-order valence-corrected chi connectivity index (χ4v) is 2.73. The van der Waals surface area contributed by atoms with Crippen molar-refractivity contribution >= 4 is 29.5 Å². The second-order valence-electron chi connectivity index (χ2n) is 6.62. The third-order valence-corrected chi connectivity index (χ3v) is 4.14. The molecule has 152 valence electrons. The molecule has 0 aliphatic rings. The van der Waals surface area contributed by atoms with E-state index in [0.717, 1.165) is 16.7 Å². The summed E-state index contributed by atoms with van der Waals surface area (Å²) in [5.41, 5.74) is 3.43. The van der Waals surface area contributed by atoms with Gasteiger partial charge >= 0.3 is 5.97 Å². The monoisotopic (exact) mass is 394 g/mol. The lowest BCUT2D eigenvalue weighted by atomic mass is 10.0. The van der Waals surface area contributed by atoms with Crippen LogP contribution in [0.5, 0.6) is 0 Å². The van der Waals surface area contributed by atoms with Crippen LogP contribution >= 0.6 is 0 Å². The molecule has 2 aromatic rings. The first-order valence-electron chi connectivity index (χ1n) is 9.45. The van der Waals surface area contributed by atoms with Gasteiger partial charge in [0.2, 0.25) is 11.8 Å². The number of carbonyl (C=O) groups excluding carboxylic acids is 3. The van der Waals surface area contributed by atoms with Crippen LogP contribution in [-0.4, -0.2) is 24.4 Å². The smallest absolute Gasteiger partial charge is 0.330 e. The molecule has 0 aliphatic carbocycles. The van der Waals surface area contributed by atoms with E-state index in [1.54, 1.807) is 37.3 Å². The van der Waals surface area contributed by atoms with Crippen LogP contribution in [0.1, 0.15) is 43.0 Å². The quantitative estimate of drug-likeness (QED) is 0.527. The first-order valence-corrected chi connectivity index (χ1v) is 9.45. The Balaban J connectivity index is 1.99. The van der Waals surface area contributed by atoms with Gasteiger partial charge in [0.1, 0.15) is 0 Å². The van der Waals surface area contributed by atoms with Crippen molar-refractivity contribution in [2.45, 2.75) is 33.2 Å². The van der Waals surface area contributed by atoms with Crippen LogP contribution in [0.25, 0.3) is 6.08 Å². The van der Waals surface area contributed by atoms with E-state index >= 15 is 0 Å². The van der Waals surface area contributed by atoms with Crippen LogP contribution in [0, 0.1) is 6.92 Å². The minimum atomic E-state index is -0.403. The number of hydrogen-bond acceptors (Lipinski definition) is 4. The number of anilines is 1. The zero-order valence-electron chi connectivity index (χ0n) is 16.9. The fraction of sp³-hybridized carbons (Fsp3) is 0.261. The first kappa shape index (κ1) is 21.9. The molecular weight excluding hydrogens is 368 g/mol. The van der Waals surface area contributed by atoms with Crippen molar-refractivity contribution in [2.24, 2.45) is 0 Å². The van der Waals surface area contributed by atoms with Gasteiger partial charge < -0.3 is 15.4 Å².